The molecule has 0 aliphatic carbocycles. The van der Waals surface area contributed by atoms with Gasteiger partial charge >= 0.3 is 0 Å². The number of hydrogen-bond donors (Lipinski definition) is 1. The molecule has 1 N–H and O–H groups in total. The predicted molar refractivity (Wildman–Crippen MR) is 76.4 cm³/mol. The van der Waals surface area contributed by atoms with Crippen molar-refractivity contribution in [2.24, 2.45) is 0 Å². The van der Waals surface area contributed by atoms with Gasteiger partial charge in [0.25, 0.3) is 0 Å². The van der Waals surface area contributed by atoms with Crippen molar-refractivity contribution < 1.29 is 0 Å². The van der Waals surface area contributed by atoms with E-state index in [9.17, 15) is 0 Å². The molecule has 0 amide bonds. The van der Waals surface area contributed by atoms with Gasteiger partial charge in [-0.3, -0.25) is 0 Å². The highest BCUT2D eigenvalue weighted by Crippen LogP contribution is 2.14. The Hall–Kier alpha value is -0.820. The van der Waals surface area contributed by atoms with Crippen molar-refractivity contribution in [3.05, 3.63) is 35.4 Å². The number of rotatable bonds is 7. The van der Waals surface area contributed by atoms with Crippen molar-refractivity contribution in [1.29, 1.82) is 0 Å². The normalized spacial score (nSPS) is 13.0. The van der Waals surface area contributed by atoms with Crippen LogP contribution in [0.5, 0.6) is 0 Å². The minimum absolute atomic E-state index is 0.625. The summed E-state index contributed by atoms with van der Waals surface area (Å²) in [6.45, 7) is 9.99. The van der Waals surface area contributed by atoms with Gasteiger partial charge in [-0.15, -0.1) is 0 Å². The molecule has 0 spiro atoms. The van der Waals surface area contributed by atoms with Crippen LogP contribution in [0.1, 0.15) is 64.0 Å². The van der Waals surface area contributed by atoms with E-state index in [1.807, 2.05) is 0 Å². The third-order valence-electron chi connectivity index (χ3n) is 3.29. The van der Waals surface area contributed by atoms with Crippen LogP contribution in [-0.4, -0.2) is 6.04 Å². The minimum Gasteiger partial charge on any atom is -0.310 e. The van der Waals surface area contributed by atoms with E-state index in [-0.39, 0.29) is 0 Å². The first-order valence-electron chi connectivity index (χ1n) is 6.95. The predicted octanol–water partition coefficient (Wildman–Crippen LogP) is 4.48. The number of unbranched alkanes of at least 4 members (excludes halogenated alkanes) is 1. The quantitative estimate of drug-likeness (QED) is 0.732. The van der Waals surface area contributed by atoms with Gasteiger partial charge in [0.1, 0.15) is 0 Å². The Morgan fingerprint density at radius 2 is 1.71 bits per heavy atom. The smallest absolute Gasteiger partial charge is 0.0207 e. The van der Waals surface area contributed by atoms with Crippen molar-refractivity contribution in [3.63, 3.8) is 0 Å². The van der Waals surface area contributed by atoms with Crippen LogP contribution in [0.4, 0.5) is 0 Å². The average Bonchev–Trinajstić information content (AvgIpc) is 2.34. The standard InChI is InChI=1S/C16H27N/c1-5-6-7-14(4)17-12-15-8-10-16(11-9-15)13(2)3/h8-11,13-14,17H,5-7,12H2,1-4H3. The summed E-state index contributed by atoms with van der Waals surface area (Å²) in [4.78, 5) is 0. The first-order valence-corrected chi connectivity index (χ1v) is 6.95. The van der Waals surface area contributed by atoms with Crippen molar-refractivity contribution in [1.82, 2.24) is 5.32 Å². The molecule has 96 valence electrons. The maximum Gasteiger partial charge on any atom is 0.0207 e. The second-order valence-electron chi connectivity index (χ2n) is 5.32. The summed E-state index contributed by atoms with van der Waals surface area (Å²) >= 11 is 0. The monoisotopic (exact) mass is 233 g/mol. The van der Waals surface area contributed by atoms with E-state index < -0.39 is 0 Å². The van der Waals surface area contributed by atoms with E-state index in [2.05, 4.69) is 57.3 Å². The van der Waals surface area contributed by atoms with Crippen LogP contribution in [0.3, 0.4) is 0 Å². The lowest BCUT2D eigenvalue weighted by Crippen LogP contribution is -2.25. The molecule has 1 aromatic rings. The van der Waals surface area contributed by atoms with Crippen LogP contribution in [0, 0.1) is 0 Å². The second-order valence-corrected chi connectivity index (χ2v) is 5.32. The number of nitrogens with one attached hydrogen (secondary N) is 1. The van der Waals surface area contributed by atoms with Crippen LogP contribution < -0.4 is 5.32 Å². The van der Waals surface area contributed by atoms with E-state index in [0.717, 1.165) is 6.54 Å². The highest BCUT2D eigenvalue weighted by molar-refractivity contribution is 5.24. The van der Waals surface area contributed by atoms with Crippen LogP contribution in [-0.2, 0) is 6.54 Å². The molecule has 1 aromatic carbocycles. The fourth-order valence-corrected chi connectivity index (χ4v) is 1.92. The van der Waals surface area contributed by atoms with E-state index in [4.69, 9.17) is 0 Å². The summed E-state index contributed by atoms with van der Waals surface area (Å²) in [5.41, 5.74) is 2.81. The van der Waals surface area contributed by atoms with Crippen molar-refractivity contribution in [2.75, 3.05) is 0 Å². The Bertz CT molecular complexity index is 300. The zero-order chi connectivity index (χ0) is 12.7. The van der Waals surface area contributed by atoms with Gasteiger partial charge in [0, 0.05) is 12.6 Å². The summed E-state index contributed by atoms with van der Waals surface area (Å²) in [7, 11) is 0. The van der Waals surface area contributed by atoms with E-state index in [0.29, 0.717) is 12.0 Å². The molecule has 0 saturated heterocycles. The molecule has 0 heterocycles. The maximum absolute atomic E-state index is 3.58. The Balaban J connectivity index is 2.36. The third-order valence-corrected chi connectivity index (χ3v) is 3.29. The Labute approximate surface area is 107 Å². The van der Waals surface area contributed by atoms with E-state index in [1.165, 1.54) is 30.4 Å². The lowest BCUT2D eigenvalue weighted by Gasteiger charge is -2.13. The molecule has 1 nitrogen and oxygen atoms in total. The van der Waals surface area contributed by atoms with Gasteiger partial charge in [-0.25, -0.2) is 0 Å². The first-order chi connectivity index (χ1) is 8.13. The molecule has 1 rings (SSSR count). The van der Waals surface area contributed by atoms with Gasteiger partial charge in [-0.1, -0.05) is 57.9 Å². The lowest BCUT2D eigenvalue weighted by atomic mass is 10.0. The molecular formula is C16H27N. The molecule has 1 atom stereocenters. The molecule has 0 fully saturated rings. The molecule has 0 aliphatic heterocycles. The molecule has 0 saturated carbocycles. The second kappa shape index (κ2) is 7.50. The van der Waals surface area contributed by atoms with Gasteiger partial charge in [0.15, 0.2) is 0 Å². The molecule has 0 bridgehead atoms. The SMILES string of the molecule is CCCCC(C)NCc1ccc(C(C)C)cc1. The summed E-state index contributed by atoms with van der Waals surface area (Å²) in [6.07, 6.45) is 3.89. The molecule has 0 aliphatic rings. The van der Waals surface area contributed by atoms with Gasteiger partial charge in [-0.05, 0) is 30.4 Å². The highest BCUT2D eigenvalue weighted by atomic mass is 14.9. The van der Waals surface area contributed by atoms with E-state index in [1.54, 1.807) is 0 Å². The van der Waals surface area contributed by atoms with Crippen LogP contribution in [0.15, 0.2) is 24.3 Å². The summed E-state index contributed by atoms with van der Waals surface area (Å²) < 4.78 is 0. The number of hydrogen-bond acceptors (Lipinski definition) is 1. The zero-order valence-corrected chi connectivity index (χ0v) is 11.8. The van der Waals surface area contributed by atoms with Crippen LogP contribution in [0.2, 0.25) is 0 Å². The molecule has 0 aromatic heterocycles. The van der Waals surface area contributed by atoms with Gasteiger partial charge in [0.2, 0.25) is 0 Å². The Kier molecular flexibility index (Phi) is 6.28. The fourth-order valence-electron chi connectivity index (χ4n) is 1.92. The summed E-state index contributed by atoms with van der Waals surface area (Å²) in [5, 5.41) is 3.58. The van der Waals surface area contributed by atoms with Crippen LogP contribution >= 0.6 is 0 Å². The van der Waals surface area contributed by atoms with E-state index >= 15 is 0 Å². The van der Waals surface area contributed by atoms with Crippen molar-refractivity contribution >= 4 is 0 Å². The largest absolute Gasteiger partial charge is 0.310 e. The first kappa shape index (κ1) is 14.2. The molecule has 1 heteroatoms. The van der Waals surface area contributed by atoms with Crippen LogP contribution in [0.25, 0.3) is 0 Å². The molecule has 0 radical (unpaired) electrons. The molecule has 17 heavy (non-hydrogen) atoms. The Morgan fingerprint density at radius 3 is 2.24 bits per heavy atom. The highest BCUT2D eigenvalue weighted by Gasteiger charge is 2.02. The lowest BCUT2D eigenvalue weighted by molar-refractivity contribution is 0.495. The fraction of sp³-hybridized carbons (Fsp3) is 0.625. The molecular weight excluding hydrogens is 206 g/mol. The zero-order valence-electron chi connectivity index (χ0n) is 11.8. The van der Waals surface area contributed by atoms with Gasteiger partial charge < -0.3 is 5.32 Å². The maximum atomic E-state index is 3.58. The summed E-state index contributed by atoms with van der Waals surface area (Å²) in [6, 6.07) is 9.61. The van der Waals surface area contributed by atoms with Crippen molar-refractivity contribution in [3.8, 4) is 0 Å². The Morgan fingerprint density at radius 1 is 1.06 bits per heavy atom. The van der Waals surface area contributed by atoms with Crippen molar-refractivity contribution in [2.45, 2.75) is 65.5 Å². The topological polar surface area (TPSA) is 12.0 Å². The van der Waals surface area contributed by atoms with Gasteiger partial charge in [0.05, 0.1) is 0 Å². The van der Waals surface area contributed by atoms with Gasteiger partial charge in [-0.2, -0.15) is 0 Å². The minimum atomic E-state index is 0.625. The molecule has 1 unspecified atom stereocenters. The third kappa shape index (κ3) is 5.36. The average molecular weight is 233 g/mol. The summed E-state index contributed by atoms with van der Waals surface area (Å²) in [5.74, 6) is 0.625. The number of benzene rings is 1.